The Morgan fingerprint density at radius 2 is 1.80 bits per heavy atom. The average molecular weight is 723 g/mol. The summed E-state index contributed by atoms with van der Waals surface area (Å²) in [6, 6.07) is 13.6. The number of fused-ring (bicyclic) bond motifs is 2. The molecule has 0 atom stereocenters. The summed E-state index contributed by atoms with van der Waals surface area (Å²) >= 11 is 1.07. The van der Waals surface area contributed by atoms with Crippen LogP contribution in [0.3, 0.4) is 0 Å². The molecule has 5 aromatic rings. The summed E-state index contributed by atoms with van der Waals surface area (Å²) in [6.45, 7) is 9.43. The number of rotatable bonds is 8. The molecule has 268 valence electrons. The average Bonchev–Trinajstić information content (AvgIpc) is 3.68. The Hall–Kier alpha value is -5.40. The molecule has 0 saturated carbocycles. The highest BCUT2D eigenvalue weighted by Crippen LogP contribution is 2.33. The SMILES string of the molecule is CCn1c(C#N)cc2c(C)c(CN3CCC(Nc4ncnc5sc(CC(F)(F)F)cc45)CC3)ccc21.Cc1ccc(NC(=O)C(O)=C(O)O)nc1. The van der Waals surface area contributed by atoms with Gasteiger partial charge in [-0.3, -0.25) is 9.69 Å². The summed E-state index contributed by atoms with van der Waals surface area (Å²) in [4.78, 5) is 26.6. The number of nitrogens with zero attached hydrogens (tertiary/aromatic N) is 6. The van der Waals surface area contributed by atoms with Crippen molar-refractivity contribution in [1.82, 2.24) is 24.4 Å². The van der Waals surface area contributed by atoms with E-state index < -0.39 is 30.2 Å². The number of alkyl halides is 3. The third kappa shape index (κ3) is 9.04. The molecule has 1 saturated heterocycles. The Morgan fingerprint density at radius 3 is 2.43 bits per heavy atom. The van der Waals surface area contributed by atoms with Crippen molar-refractivity contribution in [3.05, 3.63) is 87.9 Å². The molecule has 1 aliphatic rings. The Balaban J connectivity index is 0.000000283. The van der Waals surface area contributed by atoms with Crippen LogP contribution in [-0.4, -0.2) is 71.0 Å². The molecular weight excluding hydrogens is 685 g/mol. The fourth-order valence-corrected chi connectivity index (χ4v) is 6.95. The molecule has 1 aliphatic heterocycles. The molecule has 1 fully saturated rings. The van der Waals surface area contributed by atoms with Gasteiger partial charge < -0.3 is 30.5 Å². The maximum Gasteiger partial charge on any atom is 0.393 e. The zero-order valence-corrected chi connectivity index (χ0v) is 28.9. The first-order valence-electron chi connectivity index (χ1n) is 16.1. The minimum atomic E-state index is -4.24. The molecule has 5 N–H and O–H groups in total. The normalized spacial score (nSPS) is 13.7. The van der Waals surface area contributed by atoms with Gasteiger partial charge in [-0.1, -0.05) is 12.1 Å². The number of anilines is 2. The molecule has 51 heavy (non-hydrogen) atoms. The summed E-state index contributed by atoms with van der Waals surface area (Å²) in [5, 5.41) is 42.6. The van der Waals surface area contributed by atoms with Gasteiger partial charge in [-0.05, 0) is 74.6 Å². The van der Waals surface area contributed by atoms with E-state index >= 15 is 0 Å². The fraction of sp³-hybridized carbons (Fsp3) is 0.343. The lowest BCUT2D eigenvalue weighted by Gasteiger charge is -2.33. The van der Waals surface area contributed by atoms with E-state index in [1.54, 1.807) is 12.1 Å². The second kappa shape index (κ2) is 15.7. The number of aliphatic hydroxyl groups is 3. The number of amides is 1. The van der Waals surface area contributed by atoms with Crippen molar-refractivity contribution in [1.29, 1.82) is 5.26 Å². The van der Waals surface area contributed by atoms with Crippen LogP contribution in [-0.2, 0) is 24.3 Å². The van der Waals surface area contributed by atoms with Gasteiger partial charge in [-0.2, -0.15) is 18.4 Å². The monoisotopic (exact) mass is 722 g/mol. The lowest BCUT2D eigenvalue weighted by Crippen LogP contribution is -2.39. The van der Waals surface area contributed by atoms with Gasteiger partial charge >= 0.3 is 12.1 Å². The number of carbonyl (C=O) groups is 1. The first kappa shape index (κ1) is 36.9. The van der Waals surface area contributed by atoms with Crippen LogP contribution in [0.15, 0.2) is 60.6 Å². The van der Waals surface area contributed by atoms with Gasteiger partial charge in [0, 0.05) is 54.2 Å². The minimum Gasteiger partial charge on any atom is -0.498 e. The summed E-state index contributed by atoms with van der Waals surface area (Å²) < 4.78 is 40.5. The molecule has 5 heterocycles. The van der Waals surface area contributed by atoms with E-state index in [4.69, 9.17) is 15.3 Å². The number of likely N-dealkylation sites (tertiary alicyclic amines) is 1. The summed E-state index contributed by atoms with van der Waals surface area (Å²) in [7, 11) is 0. The quantitative estimate of drug-likeness (QED) is 0.0815. The standard InChI is InChI=1S/C26H27F3N6S.C9H10N2O4/c1-3-35-19(13-30)10-21-16(2)17(4-5-23(21)35)14-34-8-6-18(7-9-34)33-24-22-11-20(12-26(27,28)29)36-25(22)32-15-31-24;1-5-2-3-6(10-4-5)11-8(13)7(12)9(14)15/h4-5,10-11,15,18H,3,6-9,12,14H2,1-2H3,(H,31,32,33);2-4,12,14-15H,1H3,(H,10,11,13). The summed E-state index contributed by atoms with van der Waals surface area (Å²) in [5.41, 5.74) is 5.18. The topological polar surface area (TPSA) is 172 Å². The van der Waals surface area contributed by atoms with E-state index in [2.05, 4.69) is 55.6 Å². The largest absolute Gasteiger partial charge is 0.498 e. The van der Waals surface area contributed by atoms with Crippen LogP contribution in [0.1, 0.15) is 47.0 Å². The molecular formula is C35H37F3N8O4S. The number of piperidine rings is 1. The minimum absolute atomic E-state index is 0.200. The molecule has 0 unspecified atom stereocenters. The smallest absolute Gasteiger partial charge is 0.393 e. The number of benzene rings is 1. The van der Waals surface area contributed by atoms with Gasteiger partial charge in [0.15, 0.2) is 0 Å². The summed E-state index contributed by atoms with van der Waals surface area (Å²) in [5.74, 6) is -2.81. The number of nitriles is 1. The first-order chi connectivity index (χ1) is 24.3. The molecule has 0 radical (unpaired) electrons. The lowest BCUT2D eigenvalue weighted by molar-refractivity contribution is -0.126. The van der Waals surface area contributed by atoms with Crippen LogP contribution in [0.4, 0.5) is 24.8 Å². The molecule has 4 aromatic heterocycles. The van der Waals surface area contributed by atoms with Gasteiger partial charge in [0.1, 0.15) is 34.6 Å². The number of hydrogen-bond donors (Lipinski definition) is 5. The van der Waals surface area contributed by atoms with Gasteiger partial charge in [-0.15, -0.1) is 11.3 Å². The van der Waals surface area contributed by atoms with Crippen LogP contribution >= 0.6 is 11.3 Å². The van der Waals surface area contributed by atoms with Crippen molar-refractivity contribution < 1.29 is 33.3 Å². The number of carbonyl (C=O) groups excluding carboxylic acids is 1. The first-order valence-corrected chi connectivity index (χ1v) is 16.9. The zero-order chi connectivity index (χ0) is 36.9. The second-order valence-corrected chi connectivity index (χ2v) is 13.3. The molecule has 1 aromatic carbocycles. The van der Waals surface area contributed by atoms with Crippen molar-refractivity contribution in [2.45, 2.75) is 65.3 Å². The molecule has 0 spiro atoms. The van der Waals surface area contributed by atoms with Gasteiger partial charge in [0.25, 0.3) is 11.7 Å². The fourth-order valence-electron chi connectivity index (χ4n) is 5.92. The van der Waals surface area contributed by atoms with Crippen LogP contribution in [0.5, 0.6) is 0 Å². The van der Waals surface area contributed by atoms with Crippen LogP contribution in [0.25, 0.3) is 21.1 Å². The Bertz CT molecular complexity index is 2090. The van der Waals surface area contributed by atoms with Crippen molar-refractivity contribution in [2.75, 3.05) is 23.7 Å². The Morgan fingerprint density at radius 1 is 1.06 bits per heavy atom. The number of hydrogen-bond acceptors (Lipinski definition) is 11. The van der Waals surface area contributed by atoms with Crippen LogP contribution < -0.4 is 10.6 Å². The van der Waals surface area contributed by atoms with Crippen molar-refractivity contribution in [3.63, 3.8) is 0 Å². The third-order valence-electron chi connectivity index (χ3n) is 8.55. The van der Waals surface area contributed by atoms with E-state index in [9.17, 15) is 23.2 Å². The van der Waals surface area contributed by atoms with Crippen LogP contribution in [0, 0.1) is 25.2 Å². The number of thiophene rings is 1. The van der Waals surface area contributed by atoms with E-state index in [-0.39, 0.29) is 16.7 Å². The number of aryl methyl sites for hydroxylation is 3. The number of aliphatic hydroxyl groups excluding tert-OH is 2. The predicted molar refractivity (Wildman–Crippen MR) is 189 cm³/mol. The van der Waals surface area contributed by atoms with Gasteiger partial charge in [0.05, 0.1) is 11.8 Å². The number of nitrogens with one attached hydrogen (secondary N) is 2. The lowest BCUT2D eigenvalue weighted by atomic mass is 10.0. The van der Waals surface area contributed by atoms with Crippen molar-refractivity contribution in [3.8, 4) is 6.07 Å². The number of aromatic nitrogens is 4. The second-order valence-electron chi connectivity index (χ2n) is 12.2. The Labute approximate surface area is 295 Å². The van der Waals surface area contributed by atoms with Gasteiger partial charge in [0.2, 0.25) is 0 Å². The van der Waals surface area contributed by atoms with E-state index in [0.717, 1.165) is 66.8 Å². The van der Waals surface area contributed by atoms with Gasteiger partial charge in [-0.25, -0.2) is 15.0 Å². The molecule has 16 heteroatoms. The molecule has 6 rings (SSSR count). The molecule has 0 bridgehead atoms. The highest BCUT2D eigenvalue weighted by atomic mass is 32.1. The molecule has 0 aliphatic carbocycles. The van der Waals surface area contributed by atoms with Crippen LogP contribution in [0.2, 0.25) is 0 Å². The zero-order valence-electron chi connectivity index (χ0n) is 28.1. The van der Waals surface area contributed by atoms with E-state index in [1.807, 2.05) is 24.5 Å². The van der Waals surface area contributed by atoms with Crippen molar-refractivity contribution >= 4 is 50.0 Å². The van der Waals surface area contributed by atoms with E-state index in [0.29, 0.717) is 21.7 Å². The maximum atomic E-state index is 12.8. The Kier molecular flexibility index (Phi) is 11.3. The maximum absolute atomic E-state index is 12.8. The number of pyridine rings is 1. The highest BCUT2D eigenvalue weighted by molar-refractivity contribution is 7.18. The highest BCUT2D eigenvalue weighted by Gasteiger charge is 2.29. The molecule has 1 amide bonds. The summed E-state index contributed by atoms with van der Waals surface area (Å²) in [6.07, 6.45) is -0.423. The van der Waals surface area contributed by atoms with Crippen molar-refractivity contribution in [2.24, 2.45) is 0 Å². The van der Waals surface area contributed by atoms with E-state index in [1.165, 1.54) is 29.7 Å². The third-order valence-corrected chi connectivity index (χ3v) is 9.60. The number of halogens is 3. The molecule has 12 nitrogen and oxygen atoms in total. The predicted octanol–water partition coefficient (Wildman–Crippen LogP) is 7.20.